The molecule has 8 nitrogen and oxygen atoms in total. The fourth-order valence-corrected chi connectivity index (χ4v) is 5.40. The molecule has 3 aromatic carbocycles. The molecule has 39 heavy (non-hydrogen) atoms. The Kier molecular flexibility index (Phi) is 7.84. The largest absolute Gasteiger partial charge is 0.384 e. The number of amides is 2. The van der Waals surface area contributed by atoms with Crippen molar-refractivity contribution in [3.8, 4) is 0 Å². The second kappa shape index (κ2) is 11.6. The monoisotopic (exact) mass is 524 g/mol. The fourth-order valence-electron chi connectivity index (χ4n) is 5.40. The van der Waals surface area contributed by atoms with Crippen LogP contribution in [0.25, 0.3) is 0 Å². The summed E-state index contributed by atoms with van der Waals surface area (Å²) in [7, 11) is 0. The van der Waals surface area contributed by atoms with Crippen LogP contribution in [0.15, 0.2) is 72.8 Å². The van der Waals surface area contributed by atoms with Gasteiger partial charge in [-0.05, 0) is 37.3 Å². The number of fused-ring (bicyclic) bond motifs is 2. The molecular formula is C31H32N4O4. The lowest BCUT2D eigenvalue weighted by Gasteiger charge is -2.27. The van der Waals surface area contributed by atoms with E-state index in [1.807, 2.05) is 30.3 Å². The quantitative estimate of drug-likeness (QED) is 0.290. The molecule has 0 unspecified atom stereocenters. The number of hydrogen-bond acceptors (Lipinski definition) is 6. The Morgan fingerprint density at radius 3 is 2.33 bits per heavy atom. The van der Waals surface area contributed by atoms with Crippen molar-refractivity contribution in [1.29, 1.82) is 0 Å². The molecule has 0 spiro atoms. The van der Waals surface area contributed by atoms with Gasteiger partial charge in [-0.25, -0.2) is 0 Å². The van der Waals surface area contributed by atoms with Gasteiger partial charge in [0.05, 0.1) is 11.6 Å². The zero-order valence-corrected chi connectivity index (χ0v) is 21.7. The number of nitrogens with two attached hydrogens (primary N) is 1. The number of rotatable bonds is 9. The average Bonchev–Trinajstić information content (AvgIpc) is 3.46. The first kappa shape index (κ1) is 26.3. The van der Waals surface area contributed by atoms with Crippen LogP contribution in [-0.4, -0.2) is 60.0 Å². The second-order valence-corrected chi connectivity index (χ2v) is 9.99. The van der Waals surface area contributed by atoms with Crippen LogP contribution < -0.4 is 16.4 Å². The molecule has 1 fully saturated rings. The maximum absolute atomic E-state index is 13.1. The summed E-state index contributed by atoms with van der Waals surface area (Å²) in [5.74, 6) is -0.710. The number of benzene rings is 3. The highest BCUT2D eigenvalue weighted by molar-refractivity contribution is 6.30. The van der Waals surface area contributed by atoms with Gasteiger partial charge in [0, 0.05) is 42.0 Å². The van der Waals surface area contributed by atoms with Gasteiger partial charge in [-0.1, -0.05) is 66.7 Å². The Morgan fingerprint density at radius 2 is 1.56 bits per heavy atom. The van der Waals surface area contributed by atoms with Gasteiger partial charge in [0.1, 0.15) is 6.04 Å². The summed E-state index contributed by atoms with van der Waals surface area (Å²) in [5.41, 5.74) is 9.42. The highest BCUT2D eigenvalue weighted by Crippen LogP contribution is 2.31. The second-order valence-electron chi connectivity index (χ2n) is 9.99. The molecule has 1 saturated heterocycles. The number of nitrogens with one attached hydrogen (secondary N) is 2. The van der Waals surface area contributed by atoms with E-state index in [1.54, 1.807) is 47.4 Å². The number of ketones is 2. The Balaban J connectivity index is 1.13. The van der Waals surface area contributed by atoms with Gasteiger partial charge in [0.2, 0.25) is 11.8 Å². The maximum Gasteiger partial charge on any atom is 0.242 e. The lowest BCUT2D eigenvalue weighted by molar-refractivity contribution is -0.139. The smallest absolute Gasteiger partial charge is 0.242 e. The van der Waals surface area contributed by atoms with E-state index in [1.165, 1.54) is 0 Å². The maximum atomic E-state index is 13.1. The van der Waals surface area contributed by atoms with Crippen LogP contribution in [-0.2, 0) is 16.0 Å². The minimum atomic E-state index is -0.691. The van der Waals surface area contributed by atoms with Crippen LogP contribution in [0, 0.1) is 0 Å². The molecule has 1 aliphatic heterocycles. The first-order chi connectivity index (χ1) is 19.0. The van der Waals surface area contributed by atoms with E-state index in [9.17, 15) is 19.2 Å². The predicted molar refractivity (Wildman–Crippen MR) is 149 cm³/mol. The molecule has 0 saturated carbocycles. The van der Waals surface area contributed by atoms with Gasteiger partial charge < -0.3 is 21.3 Å². The number of hydrogen-bond donors (Lipinski definition) is 3. The SMILES string of the molecule is N[C@@H](Cc1ccccc1)C(=O)N1CCC[C@H]1C(=O)NCCCNc1cccc2c1C(=O)c1ccccc1C2=O. The number of likely N-dealkylation sites (tertiary alicyclic amines) is 1. The molecule has 0 aromatic heterocycles. The summed E-state index contributed by atoms with van der Waals surface area (Å²) in [6.45, 7) is 1.43. The van der Waals surface area contributed by atoms with E-state index >= 15 is 0 Å². The molecule has 4 N–H and O–H groups in total. The summed E-state index contributed by atoms with van der Waals surface area (Å²) in [4.78, 5) is 53.6. The summed E-state index contributed by atoms with van der Waals surface area (Å²) >= 11 is 0. The van der Waals surface area contributed by atoms with Crippen molar-refractivity contribution in [2.45, 2.75) is 37.8 Å². The van der Waals surface area contributed by atoms with Gasteiger partial charge >= 0.3 is 0 Å². The van der Waals surface area contributed by atoms with Gasteiger partial charge in [-0.2, -0.15) is 0 Å². The van der Waals surface area contributed by atoms with E-state index in [2.05, 4.69) is 10.6 Å². The Hall–Kier alpha value is -4.30. The highest BCUT2D eigenvalue weighted by atomic mass is 16.2. The zero-order valence-electron chi connectivity index (χ0n) is 21.7. The average molecular weight is 525 g/mol. The molecule has 200 valence electrons. The first-order valence-corrected chi connectivity index (χ1v) is 13.4. The highest BCUT2D eigenvalue weighted by Gasteiger charge is 2.36. The third kappa shape index (κ3) is 5.47. The molecule has 0 radical (unpaired) electrons. The molecule has 2 aliphatic rings. The van der Waals surface area contributed by atoms with Crippen LogP contribution in [0.4, 0.5) is 5.69 Å². The molecule has 0 bridgehead atoms. The third-order valence-corrected chi connectivity index (χ3v) is 7.37. The van der Waals surface area contributed by atoms with Gasteiger partial charge in [-0.15, -0.1) is 0 Å². The molecule has 3 aromatic rings. The molecule has 1 aliphatic carbocycles. The fraction of sp³-hybridized carbons (Fsp3) is 0.290. The van der Waals surface area contributed by atoms with Crippen LogP contribution in [0.5, 0.6) is 0 Å². The minimum Gasteiger partial charge on any atom is -0.384 e. The Labute approximate surface area is 227 Å². The summed E-state index contributed by atoms with van der Waals surface area (Å²) in [6, 6.07) is 20.5. The van der Waals surface area contributed by atoms with E-state index in [0.717, 1.165) is 12.0 Å². The normalized spacial score (nSPS) is 16.8. The summed E-state index contributed by atoms with van der Waals surface area (Å²) < 4.78 is 0. The van der Waals surface area contributed by atoms with Crippen LogP contribution in [0.3, 0.4) is 0 Å². The van der Waals surface area contributed by atoms with Crippen molar-refractivity contribution in [2.75, 3.05) is 25.0 Å². The molecule has 8 heteroatoms. The van der Waals surface area contributed by atoms with Gasteiger partial charge in [0.15, 0.2) is 11.6 Å². The van der Waals surface area contributed by atoms with Crippen LogP contribution >= 0.6 is 0 Å². The summed E-state index contributed by atoms with van der Waals surface area (Å²) in [5, 5.41) is 6.20. The minimum absolute atomic E-state index is 0.157. The van der Waals surface area contributed by atoms with Crippen LogP contribution in [0.1, 0.15) is 56.7 Å². The van der Waals surface area contributed by atoms with Gasteiger partial charge in [-0.3, -0.25) is 19.2 Å². The lowest BCUT2D eigenvalue weighted by Crippen LogP contribution is -2.52. The third-order valence-electron chi connectivity index (χ3n) is 7.37. The first-order valence-electron chi connectivity index (χ1n) is 13.4. The standard InChI is InChI=1S/C31H32N4O4/c32-24(19-20-9-2-1-3-10-20)31(39)35-18-7-15-26(35)30(38)34-17-8-16-33-25-14-6-13-23-27(25)29(37)22-12-5-4-11-21(22)28(23)36/h1-6,9-14,24,26,33H,7-8,15-19,32H2,(H,34,38)/t24-,26-/m0/s1. The van der Waals surface area contributed by atoms with E-state index in [4.69, 9.17) is 5.73 Å². The number of nitrogens with zero attached hydrogens (tertiary/aromatic N) is 1. The van der Waals surface area contributed by atoms with E-state index in [0.29, 0.717) is 66.8 Å². The number of anilines is 1. The van der Waals surface area contributed by atoms with Crippen molar-refractivity contribution >= 4 is 29.1 Å². The van der Waals surface area contributed by atoms with E-state index in [-0.39, 0.29) is 23.4 Å². The lowest BCUT2D eigenvalue weighted by atomic mass is 9.83. The number of carbonyl (C=O) groups is 4. The van der Waals surface area contributed by atoms with Crippen molar-refractivity contribution in [3.63, 3.8) is 0 Å². The molecule has 1 heterocycles. The van der Waals surface area contributed by atoms with Crippen molar-refractivity contribution in [3.05, 3.63) is 101 Å². The van der Waals surface area contributed by atoms with Crippen molar-refractivity contribution < 1.29 is 19.2 Å². The van der Waals surface area contributed by atoms with Gasteiger partial charge in [0.25, 0.3) is 0 Å². The van der Waals surface area contributed by atoms with Crippen molar-refractivity contribution in [2.24, 2.45) is 5.73 Å². The molecule has 5 rings (SSSR count). The topological polar surface area (TPSA) is 122 Å². The molecular weight excluding hydrogens is 492 g/mol. The predicted octanol–water partition coefficient (Wildman–Crippen LogP) is 2.94. The summed E-state index contributed by atoms with van der Waals surface area (Å²) in [6.07, 6.45) is 2.40. The number of carbonyl (C=O) groups excluding carboxylic acids is 4. The molecule has 2 amide bonds. The Morgan fingerprint density at radius 1 is 0.872 bits per heavy atom. The van der Waals surface area contributed by atoms with Crippen molar-refractivity contribution in [1.82, 2.24) is 10.2 Å². The zero-order chi connectivity index (χ0) is 27.4. The molecule has 2 atom stereocenters. The Bertz CT molecular complexity index is 1400. The van der Waals surface area contributed by atoms with E-state index < -0.39 is 12.1 Å². The van der Waals surface area contributed by atoms with Crippen LogP contribution in [0.2, 0.25) is 0 Å².